The second kappa shape index (κ2) is 8.74. The molecule has 6 rings (SSSR count). The van der Waals surface area contributed by atoms with Crippen LogP contribution in [-0.4, -0.2) is 4.57 Å². The van der Waals surface area contributed by atoms with E-state index in [1.54, 1.807) is 0 Å². The summed E-state index contributed by atoms with van der Waals surface area (Å²) in [6.45, 7) is 12.4. The van der Waals surface area contributed by atoms with Gasteiger partial charge in [0, 0.05) is 28.4 Å². The van der Waals surface area contributed by atoms with Crippen molar-refractivity contribution in [3.8, 4) is 0 Å². The summed E-state index contributed by atoms with van der Waals surface area (Å²) in [6, 6.07) is 31.4. The molecule has 36 heavy (non-hydrogen) atoms. The van der Waals surface area contributed by atoms with Crippen LogP contribution in [0.15, 0.2) is 84.9 Å². The molecule has 1 aliphatic rings. The van der Waals surface area contributed by atoms with Gasteiger partial charge in [0.25, 0.3) is 0 Å². The number of nitrogens with zero attached hydrogens (tertiary/aromatic N) is 2. The molecule has 0 fully saturated rings. The Morgan fingerprint density at radius 3 is 2.11 bits per heavy atom. The molecule has 5 aromatic rings. The fourth-order valence-electron chi connectivity index (χ4n) is 6.01. The lowest BCUT2D eigenvalue weighted by Gasteiger charge is -2.33. The fraction of sp³-hybridized carbons (Fsp3) is 0.273. The Morgan fingerprint density at radius 1 is 0.722 bits per heavy atom. The minimum atomic E-state index is 0.0212. The minimum Gasteiger partial charge on any atom is -0.359 e. The van der Waals surface area contributed by atoms with Crippen molar-refractivity contribution in [3.63, 3.8) is 0 Å². The Balaban J connectivity index is 1.60. The maximum atomic E-state index is 3.88. The lowest BCUT2D eigenvalue weighted by molar-refractivity contribution is 0.776. The predicted molar refractivity (Wildman–Crippen MR) is 155 cm³/mol. The Bertz CT molecular complexity index is 1550. The van der Waals surface area contributed by atoms with Gasteiger partial charge in [-0.25, -0.2) is 0 Å². The molecule has 0 spiro atoms. The van der Waals surface area contributed by atoms with Crippen molar-refractivity contribution in [1.82, 2.24) is 4.57 Å². The Kier molecular flexibility index (Phi) is 5.52. The lowest BCUT2D eigenvalue weighted by atomic mass is 9.91. The SMILES string of the molecule is CCn1c2ccccc2c2cc(C3Nc4ccccc4N3c3c(C(C)C)cccc3C(C)C)ccc21. The number of fused-ring (bicyclic) bond motifs is 4. The van der Waals surface area contributed by atoms with Gasteiger partial charge < -0.3 is 14.8 Å². The van der Waals surface area contributed by atoms with Crippen LogP contribution in [0.5, 0.6) is 0 Å². The highest BCUT2D eigenvalue weighted by molar-refractivity contribution is 6.08. The summed E-state index contributed by atoms with van der Waals surface area (Å²) in [5.41, 5.74) is 10.5. The molecule has 1 N–H and O–H groups in total. The quantitative estimate of drug-likeness (QED) is 0.274. The maximum Gasteiger partial charge on any atom is 0.130 e. The first kappa shape index (κ1) is 22.7. The predicted octanol–water partition coefficient (Wildman–Crippen LogP) is 9.32. The van der Waals surface area contributed by atoms with Crippen LogP contribution in [-0.2, 0) is 6.54 Å². The number of aromatic nitrogens is 1. The zero-order valence-electron chi connectivity index (χ0n) is 21.9. The fourth-order valence-corrected chi connectivity index (χ4v) is 6.01. The molecule has 1 unspecified atom stereocenters. The summed E-state index contributed by atoms with van der Waals surface area (Å²) in [5, 5.41) is 6.53. The molecule has 0 saturated carbocycles. The van der Waals surface area contributed by atoms with Crippen LogP contribution in [0.2, 0.25) is 0 Å². The average molecular weight is 474 g/mol. The van der Waals surface area contributed by atoms with Crippen molar-refractivity contribution in [3.05, 3.63) is 102 Å². The van der Waals surface area contributed by atoms with Crippen molar-refractivity contribution < 1.29 is 0 Å². The van der Waals surface area contributed by atoms with Crippen LogP contribution in [0.3, 0.4) is 0 Å². The molecule has 0 radical (unpaired) electrons. The lowest BCUT2D eigenvalue weighted by Crippen LogP contribution is -2.26. The zero-order valence-corrected chi connectivity index (χ0v) is 21.9. The summed E-state index contributed by atoms with van der Waals surface area (Å²) in [7, 11) is 0. The van der Waals surface area contributed by atoms with Gasteiger partial charge in [-0.3, -0.25) is 0 Å². The van der Waals surface area contributed by atoms with Crippen LogP contribution in [0.1, 0.15) is 69.3 Å². The van der Waals surface area contributed by atoms with Crippen molar-refractivity contribution in [2.75, 3.05) is 10.2 Å². The first-order chi connectivity index (χ1) is 17.5. The summed E-state index contributed by atoms with van der Waals surface area (Å²) < 4.78 is 2.42. The van der Waals surface area contributed by atoms with Crippen LogP contribution < -0.4 is 10.2 Å². The minimum absolute atomic E-state index is 0.0212. The number of aryl methyl sites for hydroxylation is 1. The average Bonchev–Trinajstić information content (AvgIpc) is 3.43. The van der Waals surface area contributed by atoms with Crippen LogP contribution >= 0.6 is 0 Å². The van der Waals surface area contributed by atoms with E-state index >= 15 is 0 Å². The molecule has 0 amide bonds. The normalized spacial score (nSPS) is 15.3. The molecule has 0 bridgehead atoms. The molecule has 182 valence electrons. The third kappa shape index (κ3) is 3.41. The molecular formula is C33H35N3. The molecule has 0 aliphatic carbocycles. The maximum absolute atomic E-state index is 3.88. The van der Waals surface area contributed by atoms with Gasteiger partial charge in [-0.05, 0) is 65.8 Å². The van der Waals surface area contributed by atoms with E-state index in [2.05, 4.69) is 134 Å². The van der Waals surface area contributed by atoms with Gasteiger partial charge in [0.1, 0.15) is 6.17 Å². The van der Waals surface area contributed by atoms with Crippen molar-refractivity contribution in [2.24, 2.45) is 0 Å². The Hall–Kier alpha value is -3.72. The standard InChI is InChI=1S/C33H35N3/c1-6-35-29-16-9-7-12-26(29)27-20-23(18-19-30(27)35)33-34-28-15-8-10-17-31(28)36(33)32-24(21(2)3)13-11-14-25(32)22(4)5/h7-22,33-34H,6H2,1-5H3. The van der Waals surface area contributed by atoms with E-state index in [1.807, 2.05) is 0 Å². The molecule has 0 saturated heterocycles. The van der Waals surface area contributed by atoms with Gasteiger partial charge in [0.2, 0.25) is 0 Å². The smallest absolute Gasteiger partial charge is 0.130 e. The van der Waals surface area contributed by atoms with Gasteiger partial charge in [0.15, 0.2) is 0 Å². The van der Waals surface area contributed by atoms with Gasteiger partial charge >= 0.3 is 0 Å². The van der Waals surface area contributed by atoms with Crippen LogP contribution in [0.25, 0.3) is 21.8 Å². The van der Waals surface area contributed by atoms with Gasteiger partial charge in [-0.1, -0.05) is 82.3 Å². The monoisotopic (exact) mass is 473 g/mol. The van der Waals surface area contributed by atoms with E-state index in [0.717, 1.165) is 6.54 Å². The molecule has 4 aromatic carbocycles. The Labute approximate surface area is 214 Å². The highest BCUT2D eigenvalue weighted by Gasteiger charge is 2.34. The Morgan fingerprint density at radius 2 is 1.39 bits per heavy atom. The van der Waals surface area contributed by atoms with E-state index in [9.17, 15) is 0 Å². The van der Waals surface area contributed by atoms with E-state index in [1.165, 1.54) is 55.6 Å². The van der Waals surface area contributed by atoms with Crippen molar-refractivity contribution >= 4 is 38.9 Å². The molecule has 2 heterocycles. The third-order valence-corrected chi connectivity index (χ3v) is 7.73. The summed E-state index contributed by atoms with van der Waals surface area (Å²) >= 11 is 0. The molecule has 3 nitrogen and oxygen atoms in total. The van der Waals surface area contributed by atoms with Gasteiger partial charge in [0.05, 0.1) is 17.1 Å². The van der Waals surface area contributed by atoms with E-state index in [-0.39, 0.29) is 6.17 Å². The number of rotatable bonds is 5. The van der Waals surface area contributed by atoms with Crippen LogP contribution in [0, 0.1) is 0 Å². The second-order valence-electron chi connectivity index (χ2n) is 10.6. The highest BCUT2D eigenvalue weighted by Crippen LogP contribution is 2.50. The highest BCUT2D eigenvalue weighted by atomic mass is 15.3. The topological polar surface area (TPSA) is 20.2 Å². The first-order valence-corrected chi connectivity index (χ1v) is 13.3. The first-order valence-electron chi connectivity index (χ1n) is 13.3. The zero-order chi connectivity index (χ0) is 25.0. The molecular weight excluding hydrogens is 438 g/mol. The molecule has 1 aliphatic heterocycles. The molecule has 1 aromatic heterocycles. The largest absolute Gasteiger partial charge is 0.359 e. The van der Waals surface area contributed by atoms with Gasteiger partial charge in [-0.2, -0.15) is 0 Å². The van der Waals surface area contributed by atoms with E-state index in [0.29, 0.717) is 11.8 Å². The summed E-state index contributed by atoms with van der Waals surface area (Å²) in [4.78, 5) is 2.56. The third-order valence-electron chi connectivity index (χ3n) is 7.73. The number of para-hydroxylation sites is 4. The van der Waals surface area contributed by atoms with Crippen molar-refractivity contribution in [2.45, 2.75) is 59.2 Å². The van der Waals surface area contributed by atoms with Gasteiger partial charge in [-0.15, -0.1) is 0 Å². The second-order valence-corrected chi connectivity index (χ2v) is 10.6. The summed E-state index contributed by atoms with van der Waals surface area (Å²) in [5.74, 6) is 0.856. The summed E-state index contributed by atoms with van der Waals surface area (Å²) in [6.07, 6.45) is 0.0212. The molecule has 1 atom stereocenters. The number of hydrogen-bond acceptors (Lipinski definition) is 2. The molecule has 3 heteroatoms. The van der Waals surface area contributed by atoms with E-state index in [4.69, 9.17) is 0 Å². The number of benzene rings is 4. The number of anilines is 3. The number of nitrogens with one attached hydrogen (secondary N) is 1. The van der Waals surface area contributed by atoms with Crippen LogP contribution in [0.4, 0.5) is 17.1 Å². The van der Waals surface area contributed by atoms with E-state index < -0.39 is 0 Å². The number of hydrogen-bond donors (Lipinski definition) is 1. The van der Waals surface area contributed by atoms with Crippen molar-refractivity contribution in [1.29, 1.82) is 0 Å².